The fourth-order valence-corrected chi connectivity index (χ4v) is 2.16. The second-order valence-electron chi connectivity index (χ2n) is 4.95. The number of anilines is 2. The second-order valence-corrected chi connectivity index (χ2v) is 4.95. The first-order chi connectivity index (χ1) is 9.70. The van der Waals surface area contributed by atoms with Crippen molar-refractivity contribution in [2.24, 2.45) is 0 Å². The van der Waals surface area contributed by atoms with Crippen LogP contribution in [-0.4, -0.2) is 31.8 Å². The monoisotopic (exact) mass is 278 g/mol. The Bertz CT molecular complexity index is 456. The number of benzene rings is 1. The lowest BCUT2D eigenvalue weighted by atomic mass is 10.1. The highest BCUT2D eigenvalue weighted by Gasteiger charge is 2.15. The zero-order chi connectivity index (χ0) is 14.4. The number of ether oxygens (including phenoxy) is 2. The Labute approximate surface area is 119 Å². The van der Waals surface area contributed by atoms with E-state index in [9.17, 15) is 4.79 Å². The Hall–Kier alpha value is -1.75. The van der Waals surface area contributed by atoms with Gasteiger partial charge in [0.2, 0.25) is 0 Å². The summed E-state index contributed by atoms with van der Waals surface area (Å²) in [5.74, 6) is -0.329. The summed E-state index contributed by atoms with van der Waals surface area (Å²) in [6.45, 7) is 3.96. The molecule has 1 aromatic rings. The quantitative estimate of drug-likeness (QED) is 0.617. The fraction of sp³-hybridized carbons (Fsp3) is 0.533. The topological polar surface area (TPSA) is 73.6 Å². The molecule has 0 spiro atoms. The van der Waals surface area contributed by atoms with Crippen molar-refractivity contribution in [3.63, 3.8) is 0 Å². The van der Waals surface area contributed by atoms with Gasteiger partial charge in [-0.05, 0) is 37.5 Å². The summed E-state index contributed by atoms with van der Waals surface area (Å²) in [5.41, 5.74) is 7.82. The highest BCUT2D eigenvalue weighted by Crippen LogP contribution is 2.21. The van der Waals surface area contributed by atoms with Crippen LogP contribution < -0.4 is 11.1 Å². The molecule has 2 rings (SSSR count). The van der Waals surface area contributed by atoms with Gasteiger partial charge in [0.05, 0.1) is 29.6 Å². The lowest BCUT2D eigenvalue weighted by Gasteiger charge is -2.14. The van der Waals surface area contributed by atoms with E-state index in [1.165, 1.54) is 0 Å². The van der Waals surface area contributed by atoms with Crippen LogP contribution >= 0.6 is 0 Å². The first-order valence-electron chi connectivity index (χ1n) is 7.13. The summed E-state index contributed by atoms with van der Waals surface area (Å²) in [7, 11) is 0. The standard InChI is InChI=1S/C15H22N2O3/c1-2-7-20-15(18)11-5-6-14(13(16)9-11)17-10-12-4-3-8-19-12/h5-6,9,12,17H,2-4,7-8,10,16H2,1H3. The minimum atomic E-state index is -0.329. The molecule has 3 N–H and O–H groups in total. The van der Waals surface area contributed by atoms with Crippen LogP contribution in [0, 0.1) is 0 Å². The van der Waals surface area contributed by atoms with E-state index in [2.05, 4.69) is 5.32 Å². The molecule has 0 saturated carbocycles. The molecule has 1 atom stereocenters. The van der Waals surface area contributed by atoms with Crippen molar-refractivity contribution in [1.29, 1.82) is 0 Å². The summed E-state index contributed by atoms with van der Waals surface area (Å²) in [6.07, 6.45) is 3.25. The van der Waals surface area contributed by atoms with Crippen molar-refractivity contribution < 1.29 is 14.3 Å². The molecule has 0 bridgehead atoms. The van der Waals surface area contributed by atoms with Gasteiger partial charge in [0, 0.05) is 13.2 Å². The summed E-state index contributed by atoms with van der Waals surface area (Å²) in [6, 6.07) is 5.19. The first-order valence-corrected chi connectivity index (χ1v) is 7.13. The predicted molar refractivity (Wildman–Crippen MR) is 78.9 cm³/mol. The Morgan fingerprint density at radius 2 is 2.40 bits per heavy atom. The maximum absolute atomic E-state index is 11.7. The number of nitrogens with two attached hydrogens (primary N) is 1. The highest BCUT2D eigenvalue weighted by molar-refractivity contribution is 5.91. The largest absolute Gasteiger partial charge is 0.462 e. The van der Waals surface area contributed by atoms with Crippen LogP contribution in [0.3, 0.4) is 0 Å². The van der Waals surface area contributed by atoms with Crippen molar-refractivity contribution in [1.82, 2.24) is 0 Å². The Kier molecular flexibility index (Phi) is 5.24. The minimum absolute atomic E-state index is 0.253. The van der Waals surface area contributed by atoms with Crippen LogP contribution in [0.2, 0.25) is 0 Å². The van der Waals surface area contributed by atoms with Crippen molar-refractivity contribution in [3.05, 3.63) is 23.8 Å². The van der Waals surface area contributed by atoms with Gasteiger partial charge in [-0.3, -0.25) is 0 Å². The number of rotatable bonds is 6. The first kappa shape index (κ1) is 14.7. The van der Waals surface area contributed by atoms with Gasteiger partial charge in [0.1, 0.15) is 0 Å². The third-order valence-electron chi connectivity index (χ3n) is 3.27. The minimum Gasteiger partial charge on any atom is -0.462 e. The molecule has 0 aliphatic carbocycles. The van der Waals surface area contributed by atoms with E-state index in [-0.39, 0.29) is 12.1 Å². The number of carbonyl (C=O) groups excluding carboxylic acids is 1. The SMILES string of the molecule is CCCOC(=O)c1ccc(NCC2CCCO2)c(N)c1. The fourth-order valence-electron chi connectivity index (χ4n) is 2.16. The predicted octanol–water partition coefficient (Wildman–Crippen LogP) is 2.43. The molecular formula is C15H22N2O3. The van der Waals surface area contributed by atoms with Crippen LogP contribution in [0.25, 0.3) is 0 Å². The maximum atomic E-state index is 11.7. The molecule has 1 fully saturated rings. The molecule has 1 unspecified atom stereocenters. The van der Waals surface area contributed by atoms with Crippen LogP contribution in [0.5, 0.6) is 0 Å². The molecule has 1 heterocycles. The number of esters is 1. The average molecular weight is 278 g/mol. The maximum Gasteiger partial charge on any atom is 0.338 e. The number of nitrogens with one attached hydrogen (secondary N) is 1. The van der Waals surface area contributed by atoms with Gasteiger partial charge in [-0.25, -0.2) is 4.79 Å². The van der Waals surface area contributed by atoms with Crippen LogP contribution in [-0.2, 0) is 9.47 Å². The molecule has 1 saturated heterocycles. The number of carbonyl (C=O) groups is 1. The van der Waals surface area contributed by atoms with E-state index in [0.717, 1.165) is 38.1 Å². The zero-order valence-electron chi connectivity index (χ0n) is 11.9. The molecule has 1 aromatic carbocycles. The summed E-state index contributed by atoms with van der Waals surface area (Å²) in [4.78, 5) is 11.7. The lowest BCUT2D eigenvalue weighted by Crippen LogP contribution is -2.19. The number of nitrogen functional groups attached to an aromatic ring is 1. The molecule has 110 valence electrons. The van der Waals surface area contributed by atoms with Gasteiger partial charge < -0.3 is 20.5 Å². The average Bonchev–Trinajstić information content (AvgIpc) is 2.96. The van der Waals surface area contributed by atoms with Crippen molar-refractivity contribution >= 4 is 17.3 Å². The van der Waals surface area contributed by atoms with Gasteiger partial charge in [0.15, 0.2) is 0 Å². The third kappa shape index (κ3) is 3.87. The molecule has 20 heavy (non-hydrogen) atoms. The normalized spacial score (nSPS) is 17.9. The molecule has 0 radical (unpaired) electrons. The van der Waals surface area contributed by atoms with E-state index in [0.29, 0.717) is 17.9 Å². The highest BCUT2D eigenvalue weighted by atomic mass is 16.5. The molecule has 1 aliphatic heterocycles. The van der Waals surface area contributed by atoms with E-state index < -0.39 is 0 Å². The van der Waals surface area contributed by atoms with Crippen molar-refractivity contribution in [2.75, 3.05) is 30.8 Å². The number of hydrogen-bond acceptors (Lipinski definition) is 5. The Morgan fingerprint density at radius 3 is 3.05 bits per heavy atom. The van der Waals surface area contributed by atoms with E-state index in [4.69, 9.17) is 15.2 Å². The van der Waals surface area contributed by atoms with Crippen LogP contribution in [0.4, 0.5) is 11.4 Å². The van der Waals surface area contributed by atoms with Crippen LogP contribution in [0.15, 0.2) is 18.2 Å². The summed E-state index contributed by atoms with van der Waals surface area (Å²) < 4.78 is 10.6. The second kappa shape index (κ2) is 7.14. The van der Waals surface area contributed by atoms with Gasteiger partial charge in [-0.1, -0.05) is 6.92 Å². The zero-order valence-corrected chi connectivity index (χ0v) is 11.9. The molecule has 5 nitrogen and oxygen atoms in total. The number of hydrogen-bond donors (Lipinski definition) is 2. The molecule has 0 aromatic heterocycles. The molecule has 5 heteroatoms. The van der Waals surface area contributed by atoms with Crippen LogP contribution in [0.1, 0.15) is 36.5 Å². The summed E-state index contributed by atoms with van der Waals surface area (Å²) >= 11 is 0. The van der Waals surface area contributed by atoms with Gasteiger partial charge in [-0.2, -0.15) is 0 Å². The lowest BCUT2D eigenvalue weighted by molar-refractivity contribution is 0.0505. The molecule has 0 amide bonds. The van der Waals surface area contributed by atoms with Gasteiger partial charge >= 0.3 is 5.97 Å². The van der Waals surface area contributed by atoms with E-state index in [1.807, 2.05) is 13.0 Å². The van der Waals surface area contributed by atoms with E-state index >= 15 is 0 Å². The Morgan fingerprint density at radius 1 is 1.55 bits per heavy atom. The van der Waals surface area contributed by atoms with Gasteiger partial charge in [-0.15, -0.1) is 0 Å². The van der Waals surface area contributed by atoms with Crippen molar-refractivity contribution in [2.45, 2.75) is 32.3 Å². The Balaban J connectivity index is 1.92. The van der Waals surface area contributed by atoms with E-state index in [1.54, 1.807) is 12.1 Å². The smallest absolute Gasteiger partial charge is 0.338 e. The summed E-state index contributed by atoms with van der Waals surface area (Å²) in [5, 5.41) is 3.26. The molecular weight excluding hydrogens is 256 g/mol. The molecule has 1 aliphatic rings. The van der Waals surface area contributed by atoms with Gasteiger partial charge in [0.25, 0.3) is 0 Å². The third-order valence-corrected chi connectivity index (χ3v) is 3.27. The van der Waals surface area contributed by atoms with Crippen molar-refractivity contribution in [3.8, 4) is 0 Å².